The van der Waals surface area contributed by atoms with Crippen molar-refractivity contribution in [1.82, 2.24) is 10.2 Å². The number of nitrogens with one attached hydrogen (secondary N) is 1. The second-order valence-electron chi connectivity index (χ2n) is 6.96. The van der Waals surface area contributed by atoms with E-state index in [0.717, 1.165) is 48.9 Å². The average molecular weight is 411 g/mol. The van der Waals surface area contributed by atoms with Crippen molar-refractivity contribution >= 4 is 17.6 Å². The first-order valence-electron chi connectivity index (χ1n) is 9.30. The number of likely N-dealkylation sites (tertiary alicyclic amines) is 1. The lowest BCUT2D eigenvalue weighted by molar-refractivity contribution is -0.137. The van der Waals surface area contributed by atoms with E-state index in [1.165, 1.54) is 12.1 Å². The van der Waals surface area contributed by atoms with Crippen LogP contribution in [0.3, 0.4) is 0 Å². The van der Waals surface area contributed by atoms with Crippen molar-refractivity contribution in [3.05, 3.63) is 70.2 Å². The smallest absolute Gasteiger partial charge is 0.334 e. The minimum absolute atomic E-state index is 0.207. The summed E-state index contributed by atoms with van der Waals surface area (Å²) in [6.45, 7) is 0.949. The number of hydrogen-bond donors (Lipinski definition) is 1. The van der Waals surface area contributed by atoms with E-state index in [1.807, 2.05) is 12.1 Å². The van der Waals surface area contributed by atoms with Crippen LogP contribution in [0.1, 0.15) is 48.4 Å². The van der Waals surface area contributed by atoms with Crippen LogP contribution in [-0.4, -0.2) is 17.5 Å². The van der Waals surface area contributed by atoms with E-state index in [0.29, 0.717) is 18.1 Å². The highest BCUT2D eigenvalue weighted by Gasteiger charge is 2.31. The van der Waals surface area contributed by atoms with E-state index >= 15 is 0 Å². The van der Waals surface area contributed by atoms with Crippen LogP contribution in [0, 0.1) is 0 Å². The van der Waals surface area contributed by atoms with Crippen molar-refractivity contribution in [3.63, 3.8) is 0 Å². The van der Waals surface area contributed by atoms with Gasteiger partial charge in [0.1, 0.15) is 0 Å². The van der Waals surface area contributed by atoms with Gasteiger partial charge in [-0.1, -0.05) is 48.7 Å². The summed E-state index contributed by atoms with van der Waals surface area (Å²) in [5, 5.41) is 3.54. The summed E-state index contributed by atoms with van der Waals surface area (Å²) < 4.78 is 38.5. The van der Waals surface area contributed by atoms with Crippen molar-refractivity contribution < 1.29 is 18.0 Å². The Hall–Kier alpha value is -2.21. The Labute approximate surface area is 167 Å². The van der Waals surface area contributed by atoms with Gasteiger partial charge in [0.05, 0.1) is 11.6 Å². The molecular formula is C21H22ClF3N2O. The van der Waals surface area contributed by atoms with Crippen LogP contribution in [0.15, 0.2) is 48.5 Å². The fraction of sp³-hybridized carbons (Fsp3) is 0.381. The van der Waals surface area contributed by atoms with Gasteiger partial charge in [-0.15, -0.1) is 0 Å². The zero-order chi connectivity index (χ0) is 20.1. The Morgan fingerprint density at radius 2 is 1.71 bits per heavy atom. The molecule has 1 fully saturated rings. The topological polar surface area (TPSA) is 32.3 Å². The molecule has 150 valence electrons. The van der Waals surface area contributed by atoms with Gasteiger partial charge in [-0.2, -0.15) is 13.2 Å². The quantitative estimate of drug-likeness (QED) is 0.643. The molecule has 7 heteroatoms. The maximum absolute atomic E-state index is 12.8. The molecule has 3 nitrogen and oxygen atoms in total. The SMILES string of the molecule is O=C(NCc1ccc(Cl)cc1)N1CCCCCC1c1ccc(C(F)(F)F)cc1. The summed E-state index contributed by atoms with van der Waals surface area (Å²) >= 11 is 5.87. The minimum Gasteiger partial charge on any atom is -0.334 e. The van der Waals surface area contributed by atoms with Crippen molar-refractivity contribution in [3.8, 4) is 0 Å². The number of nitrogens with zero attached hydrogens (tertiary/aromatic N) is 1. The van der Waals surface area contributed by atoms with E-state index in [9.17, 15) is 18.0 Å². The second-order valence-corrected chi connectivity index (χ2v) is 7.40. The molecule has 0 bridgehead atoms. The Morgan fingerprint density at radius 3 is 2.36 bits per heavy atom. The molecule has 1 aliphatic rings. The van der Waals surface area contributed by atoms with Crippen LogP contribution in [0.25, 0.3) is 0 Å². The number of hydrogen-bond acceptors (Lipinski definition) is 1. The standard InChI is InChI=1S/C21H22ClF3N2O/c22-18-11-5-15(6-12-18)14-26-20(28)27-13-3-1-2-4-19(27)16-7-9-17(10-8-16)21(23,24)25/h5-12,19H,1-4,13-14H2,(H,26,28). The van der Waals surface area contributed by atoms with Gasteiger partial charge in [-0.3, -0.25) is 0 Å². The number of carbonyl (C=O) groups is 1. The van der Waals surface area contributed by atoms with Gasteiger partial charge in [-0.05, 0) is 48.2 Å². The zero-order valence-corrected chi connectivity index (χ0v) is 16.1. The molecule has 3 rings (SSSR count). The summed E-state index contributed by atoms with van der Waals surface area (Å²) in [4.78, 5) is 14.6. The lowest BCUT2D eigenvalue weighted by Crippen LogP contribution is -2.41. The molecule has 1 atom stereocenters. The monoisotopic (exact) mass is 410 g/mol. The Balaban J connectivity index is 1.72. The molecule has 2 aromatic carbocycles. The predicted octanol–water partition coefficient (Wildman–Crippen LogP) is 6.19. The largest absolute Gasteiger partial charge is 0.416 e. The third kappa shape index (κ3) is 5.19. The maximum Gasteiger partial charge on any atom is 0.416 e. The Bertz CT molecular complexity index is 791. The van der Waals surface area contributed by atoms with Gasteiger partial charge in [0, 0.05) is 18.1 Å². The van der Waals surface area contributed by atoms with E-state index in [1.54, 1.807) is 17.0 Å². The van der Waals surface area contributed by atoms with Gasteiger partial charge in [0.15, 0.2) is 0 Å². The highest BCUT2D eigenvalue weighted by Crippen LogP contribution is 2.33. The molecule has 0 radical (unpaired) electrons. The molecule has 1 N–H and O–H groups in total. The normalized spacial score (nSPS) is 17.9. The maximum atomic E-state index is 12.8. The van der Waals surface area contributed by atoms with Gasteiger partial charge in [0.2, 0.25) is 0 Å². The van der Waals surface area contributed by atoms with Crippen LogP contribution in [-0.2, 0) is 12.7 Å². The highest BCUT2D eigenvalue weighted by atomic mass is 35.5. The lowest BCUT2D eigenvalue weighted by Gasteiger charge is -2.31. The number of benzene rings is 2. The van der Waals surface area contributed by atoms with Crippen molar-refractivity contribution in [2.45, 2.75) is 44.4 Å². The number of amides is 2. The number of carbonyl (C=O) groups excluding carboxylic acids is 1. The Kier molecular flexibility index (Phi) is 6.50. The van der Waals surface area contributed by atoms with Crippen LogP contribution in [0.5, 0.6) is 0 Å². The first kappa shape index (κ1) is 20.5. The van der Waals surface area contributed by atoms with E-state index in [2.05, 4.69) is 5.32 Å². The fourth-order valence-electron chi connectivity index (χ4n) is 3.47. The molecule has 2 amide bonds. The van der Waals surface area contributed by atoms with Gasteiger partial charge < -0.3 is 10.2 Å². The van der Waals surface area contributed by atoms with E-state index in [-0.39, 0.29) is 12.1 Å². The van der Waals surface area contributed by atoms with Crippen LogP contribution in [0.4, 0.5) is 18.0 Å². The molecule has 1 unspecified atom stereocenters. The fourth-order valence-corrected chi connectivity index (χ4v) is 3.60. The molecule has 1 aliphatic heterocycles. The summed E-state index contributed by atoms with van der Waals surface area (Å²) in [6, 6.07) is 11.9. The lowest BCUT2D eigenvalue weighted by atomic mass is 9.99. The molecule has 2 aromatic rings. The van der Waals surface area contributed by atoms with Gasteiger partial charge in [0.25, 0.3) is 0 Å². The summed E-state index contributed by atoms with van der Waals surface area (Å²) in [6.07, 6.45) is -0.812. The minimum atomic E-state index is -4.36. The molecule has 1 saturated heterocycles. The molecule has 0 spiro atoms. The highest BCUT2D eigenvalue weighted by molar-refractivity contribution is 6.30. The molecule has 0 saturated carbocycles. The average Bonchev–Trinajstić information content (AvgIpc) is 2.93. The van der Waals surface area contributed by atoms with E-state index < -0.39 is 11.7 Å². The van der Waals surface area contributed by atoms with Crippen molar-refractivity contribution in [2.24, 2.45) is 0 Å². The second kappa shape index (κ2) is 8.86. The number of urea groups is 1. The Morgan fingerprint density at radius 1 is 1.04 bits per heavy atom. The zero-order valence-electron chi connectivity index (χ0n) is 15.3. The summed E-state index contributed by atoms with van der Waals surface area (Å²) in [7, 11) is 0. The van der Waals surface area contributed by atoms with Gasteiger partial charge in [-0.25, -0.2) is 4.79 Å². The number of rotatable bonds is 3. The molecule has 28 heavy (non-hydrogen) atoms. The van der Waals surface area contributed by atoms with Crippen LogP contribution >= 0.6 is 11.6 Å². The van der Waals surface area contributed by atoms with Gasteiger partial charge >= 0.3 is 12.2 Å². The van der Waals surface area contributed by atoms with Crippen LogP contribution < -0.4 is 5.32 Å². The summed E-state index contributed by atoms with van der Waals surface area (Å²) in [5.41, 5.74) is 0.985. The molecular weight excluding hydrogens is 389 g/mol. The van der Waals surface area contributed by atoms with Crippen molar-refractivity contribution in [2.75, 3.05) is 6.54 Å². The van der Waals surface area contributed by atoms with Crippen LogP contribution in [0.2, 0.25) is 5.02 Å². The first-order valence-corrected chi connectivity index (χ1v) is 9.68. The number of alkyl halides is 3. The predicted molar refractivity (Wildman–Crippen MR) is 103 cm³/mol. The van der Waals surface area contributed by atoms with Crippen molar-refractivity contribution in [1.29, 1.82) is 0 Å². The first-order chi connectivity index (χ1) is 13.3. The molecule has 0 aromatic heterocycles. The summed E-state index contributed by atoms with van der Waals surface area (Å²) in [5.74, 6) is 0. The molecule has 1 heterocycles. The third-order valence-electron chi connectivity index (χ3n) is 4.99. The molecule has 0 aliphatic carbocycles. The number of halogens is 4. The van der Waals surface area contributed by atoms with E-state index in [4.69, 9.17) is 11.6 Å². The third-order valence-corrected chi connectivity index (χ3v) is 5.25.